The van der Waals surface area contributed by atoms with Gasteiger partial charge >= 0.3 is 0 Å². The van der Waals surface area contributed by atoms with E-state index in [0.29, 0.717) is 24.7 Å². The molecule has 2 aromatic heterocycles. The van der Waals surface area contributed by atoms with Crippen LogP contribution in [0.25, 0.3) is 11.6 Å². The first kappa shape index (κ1) is 9.85. The van der Waals surface area contributed by atoms with Crippen molar-refractivity contribution in [2.45, 2.75) is 13.5 Å². The molecule has 0 aliphatic rings. The lowest BCUT2D eigenvalue weighted by Gasteiger charge is -2.03. The minimum atomic E-state index is 0.609. The smallest absolute Gasteiger partial charge is 0.201 e. The molecule has 2 rings (SSSR count). The maximum atomic E-state index is 5.25. The zero-order chi connectivity index (χ0) is 10.7. The van der Waals surface area contributed by atoms with Crippen LogP contribution in [0.15, 0.2) is 17.1 Å². The Morgan fingerprint density at radius 2 is 2.40 bits per heavy atom. The highest BCUT2D eigenvalue weighted by atomic mass is 16.5. The molecule has 0 amide bonds. The molecule has 0 radical (unpaired) electrons. The van der Waals surface area contributed by atoms with Gasteiger partial charge in [0.05, 0.1) is 12.3 Å². The first-order valence-electron chi connectivity index (χ1n) is 4.60. The number of hydrogen-bond donors (Lipinski definition) is 0. The van der Waals surface area contributed by atoms with E-state index in [1.807, 2.05) is 11.5 Å². The van der Waals surface area contributed by atoms with Crippen molar-refractivity contribution in [2.75, 3.05) is 13.7 Å². The number of hydrogen-bond acceptors (Lipinski definition) is 5. The van der Waals surface area contributed by atoms with Gasteiger partial charge in [-0.2, -0.15) is 0 Å². The molecule has 6 heteroatoms. The summed E-state index contributed by atoms with van der Waals surface area (Å²) in [6.07, 6.45) is 3.05. The molecule has 15 heavy (non-hydrogen) atoms. The molecule has 0 bridgehead atoms. The average Bonchev–Trinajstić information content (AvgIpc) is 2.82. The second-order valence-electron chi connectivity index (χ2n) is 3.11. The first-order valence-corrected chi connectivity index (χ1v) is 4.60. The zero-order valence-corrected chi connectivity index (χ0v) is 8.67. The van der Waals surface area contributed by atoms with Gasteiger partial charge in [-0.25, -0.2) is 4.98 Å². The molecule has 0 spiro atoms. The maximum absolute atomic E-state index is 5.25. The Morgan fingerprint density at radius 1 is 1.53 bits per heavy atom. The summed E-state index contributed by atoms with van der Waals surface area (Å²) in [6.45, 7) is 3.17. The number of nitrogens with zero attached hydrogens (tertiary/aromatic N) is 4. The van der Waals surface area contributed by atoms with E-state index < -0.39 is 0 Å². The molecule has 0 saturated carbocycles. The van der Waals surface area contributed by atoms with Crippen molar-refractivity contribution in [3.63, 3.8) is 0 Å². The van der Waals surface area contributed by atoms with Crippen LogP contribution in [0, 0.1) is 6.92 Å². The predicted molar refractivity (Wildman–Crippen MR) is 52.1 cm³/mol. The lowest BCUT2D eigenvalue weighted by Crippen LogP contribution is -2.05. The van der Waals surface area contributed by atoms with Gasteiger partial charge in [0.15, 0.2) is 12.2 Å². The minimum Gasteiger partial charge on any atom is -0.440 e. The summed E-state index contributed by atoms with van der Waals surface area (Å²) in [5.41, 5.74) is 0.807. The predicted octanol–water partition coefficient (Wildman–Crippen LogP) is 0.888. The van der Waals surface area contributed by atoms with E-state index in [1.54, 1.807) is 13.4 Å². The van der Waals surface area contributed by atoms with Gasteiger partial charge < -0.3 is 13.7 Å². The second kappa shape index (κ2) is 4.22. The monoisotopic (exact) mass is 208 g/mol. The van der Waals surface area contributed by atoms with Gasteiger partial charge in [0.1, 0.15) is 6.33 Å². The van der Waals surface area contributed by atoms with Crippen LogP contribution in [0.2, 0.25) is 0 Å². The van der Waals surface area contributed by atoms with E-state index in [0.717, 1.165) is 5.69 Å². The summed E-state index contributed by atoms with van der Waals surface area (Å²) < 4.78 is 12.1. The average molecular weight is 208 g/mol. The Kier molecular flexibility index (Phi) is 2.77. The van der Waals surface area contributed by atoms with Crippen LogP contribution in [-0.4, -0.2) is 33.5 Å². The van der Waals surface area contributed by atoms with E-state index in [2.05, 4.69) is 15.2 Å². The summed E-state index contributed by atoms with van der Waals surface area (Å²) in [4.78, 5) is 4.01. The van der Waals surface area contributed by atoms with Crippen LogP contribution < -0.4 is 0 Å². The Morgan fingerprint density at radius 3 is 3.07 bits per heavy atom. The van der Waals surface area contributed by atoms with E-state index in [9.17, 15) is 0 Å². The van der Waals surface area contributed by atoms with Gasteiger partial charge in [-0.3, -0.25) is 0 Å². The van der Waals surface area contributed by atoms with Gasteiger partial charge in [-0.05, 0) is 6.92 Å². The van der Waals surface area contributed by atoms with E-state index in [4.69, 9.17) is 9.15 Å². The molecule has 6 nitrogen and oxygen atoms in total. The Balaban J connectivity index is 2.29. The fourth-order valence-corrected chi connectivity index (χ4v) is 1.30. The third-order valence-corrected chi connectivity index (χ3v) is 2.10. The number of oxazole rings is 1. The number of aromatic nitrogens is 4. The normalized spacial score (nSPS) is 10.8. The highest BCUT2D eigenvalue weighted by Gasteiger charge is 2.13. The minimum absolute atomic E-state index is 0.609. The summed E-state index contributed by atoms with van der Waals surface area (Å²) in [6, 6.07) is 0. The topological polar surface area (TPSA) is 66.0 Å². The Bertz CT molecular complexity index is 435. The van der Waals surface area contributed by atoms with Gasteiger partial charge in [0, 0.05) is 13.7 Å². The third kappa shape index (κ3) is 1.89. The molecule has 0 N–H and O–H groups in total. The number of rotatable bonds is 4. The van der Waals surface area contributed by atoms with E-state index >= 15 is 0 Å². The molecular formula is C9H12N4O2. The lowest BCUT2D eigenvalue weighted by molar-refractivity contribution is 0.187. The van der Waals surface area contributed by atoms with Crippen molar-refractivity contribution in [1.82, 2.24) is 19.7 Å². The number of aryl methyl sites for hydroxylation is 1. The zero-order valence-electron chi connectivity index (χ0n) is 8.67. The van der Waals surface area contributed by atoms with Crippen LogP contribution in [0.3, 0.4) is 0 Å². The van der Waals surface area contributed by atoms with E-state index in [1.165, 1.54) is 6.39 Å². The van der Waals surface area contributed by atoms with Crippen LogP contribution in [0.4, 0.5) is 0 Å². The molecule has 0 atom stereocenters. The molecule has 0 unspecified atom stereocenters. The van der Waals surface area contributed by atoms with Crippen molar-refractivity contribution in [3.8, 4) is 11.6 Å². The van der Waals surface area contributed by atoms with Crippen LogP contribution in [0.1, 0.15) is 5.69 Å². The Labute approximate surface area is 86.9 Å². The third-order valence-electron chi connectivity index (χ3n) is 2.10. The molecule has 2 aromatic rings. The SMILES string of the molecule is COCCn1cnnc1-c1ocnc1C. The fourth-order valence-electron chi connectivity index (χ4n) is 1.30. The van der Waals surface area contributed by atoms with Crippen LogP contribution >= 0.6 is 0 Å². The van der Waals surface area contributed by atoms with Gasteiger partial charge in [-0.1, -0.05) is 0 Å². The molecular weight excluding hydrogens is 196 g/mol. The summed E-state index contributed by atoms with van der Waals surface area (Å²) in [5, 5.41) is 7.84. The van der Waals surface area contributed by atoms with Crippen molar-refractivity contribution in [3.05, 3.63) is 18.4 Å². The van der Waals surface area contributed by atoms with Crippen molar-refractivity contribution in [2.24, 2.45) is 0 Å². The van der Waals surface area contributed by atoms with Gasteiger partial charge in [-0.15, -0.1) is 10.2 Å². The molecule has 0 fully saturated rings. The summed E-state index contributed by atoms with van der Waals surface area (Å²) in [5.74, 6) is 1.34. The quantitative estimate of drug-likeness (QED) is 0.746. The summed E-state index contributed by atoms with van der Waals surface area (Å²) in [7, 11) is 1.66. The maximum Gasteiger partial charge on any atom is 0.201 e. The van der Waals surface area contributed by atoms with Crippen LogP contribution in [0.5, 0.6) is 0 Å². The molecule has 0 saturated heterocycles. The lowest BCUT2D eigenvalue weighted by atomic mass is 10.3. The standard InChI is InChI=1S/C9H12N4O2/c1-7-8(15-6-10-7)9-12-11-5-13(9)3-4-14-2/h5-6H,3-4H2,1-2H3. The molecule has 0 aromatic carbocycles. The van der Waals surface area contributed by atoms with Crippen molar-refractivity contribution >= 4 is 0 Å². The Hall–Kier alpha value is -1.69. The molecule has 0 aliphatic heterocycles. The molecule has 2 heterocycles. The first-order chi connectivity index (χ1) is 7.33. The second-order valence-corrected chi connectivity index (χ2v) is 3.11. The summed E-state index contributed by atoms with van der Waals surface area (Å²) >= 11 is 0. The van der Waals surface area contributed by atoms with Crippen LogP contribution in [-0.2, 0) is 11.3 Å². The molecule has 80 valence electrons. The van der Waals surface area contributed by atoms with Gasteiger partial charge in [0.2, 0.25) is 5.82 Å². The molecule has 0 aliphatic carbocycles. The number of ether oxygens (including phenoxy) is 1. The highest BCUT2D eigenvalue weighted by Crippen LogP contribution is 2.19. The largest absolute Gasteiger partial charge is 0.440 e. The van der Waals surface area contributed by atoms with E-state index in [-0.39, 0.29) is 0 Å². The van der Waals surface area contributed by atoms with Crippen molar-refractivity contribution in [1.29, 1.82) is 0 Å². The van der Waals surface area contributed by atoms with Gasteiger partial charge in [0.25, 0.3) is 0 Å². The van der Waals surface area contributed by atoms with Crippen molar-refractivity contribution < 1.29 is 9.15 Å². The number of methoxy groups -OCH3 is 1. The highest BCUT2D eigenvalue weighted by molar-refractivity contribution is 5.49. The fraction of sp³-hybridized carbons (Fsp3) is 0.444.